The Labute approximate surface area is 112 Å². The third kappa shape index (κ3) is 2.71. The molecule has 0 unspecified atom stereocenters. The van der Waals surface area contributed by atoms with Crippen molar-refractivity contribution in [1.29, 1.82) is 0 Å². The van der Waals surface area contributed by atoms with E-state index in [1.165, 1.54) is 5.56 Å². The van der Waals surface area contributed by atoms with Crippen molar-refractivity contribution in [2.45, 2.75) is 65.7 Å². The van der Waals surface area contributed by atoms with Gasteiger partial charge in [-0.3, -0.25) is 0 Å². The zero-order chi connectivity index (χ0) is 14.3. The molecule has 101 valence electrons. The Morgan fingerprint density at radius 2 is 1.56 bits per heavy atom. The maximum atomic E-state index is 10.7. The normalized spacial score (nSPS) is 12.9. The summed E-state index contributed by atoms with van der Waals surface area (Å²) in [5, 5.41) is 10.7. The monoisotopic (exact) mass is 247 g/mol. The van der Waals surface area contributed by atoms with Gasteiger partial charge in [-0.25, -0.2) is 0 Å². The van der Waals surface area contributed by atoms with E-state index in [0.717, 1.165) is 23.1 Å². The molecule has 0 bridgehead atoms. The van der Waals surface area contributed by atoms with Crippen molar-refractivity contribution in [2.24, 2.45) is 0 Å². The van der Waals surface area contributed by atoms with Crippen LogP contribution in [-0.4, -0.2) is 5.11 Å². The van der Waals surface area contributed by atoms with Crippen LogP contribution in [0.15, 0.2) is 6.07 Å². The van der Waals surface area contributed by atoms with Gasteiger partial charge < -0.3 is 5.11 Å². The number of rotatable bonds is 1. The van der Waals surface area contributed by atoms with Crippen molar-refractivity contribution in [2.75, 3.05) is 0 Å². The van der Waals surface area contributed by atoms with Gasteiger partial charge in [0.2, 0.25) is 0 Å². The Bertz CT molecular complexity index is 442. The van der Waals surface area contributed by atoms with E-state index < -0.39 is 0 Å². The van der Waals surface area contributed by atoms with E-state index in [2.05, 4.69) is 55.4 Å². The summed E-state index contributed by atoms with van der Waals surface area (Å²) in [5.41, 5.74) is 4.15. The molecule has 0 saturated carbocycles. The van der Waals surface area contributed by atoms with E-state index in [1.807, 2.05) is 6.07 Å². The summed E-state index contributed by atoms with van der Waals surface area (Å²) in [4.78, 5) is 0. The molecule has 0 heterocycles. The van der Waals surface area contributed by atoms with Gasteiger partial charge in [-0.1, -0.05) is 54.5 Å². The summed E-state index contributed by atoms with van der Waals surface area (Å²) >= 11 is 0. The molecule has 0 aliphatic carbocycles. The van der Waals surface area contributed by atoms with Crippen LogP contribution >= 0.6 is 0 Å². The SMILES string of the molecule is [CH2]c1cc(C(C)(C)C)c(O)c(C(C)(C)C)c1CC. The van der Waals surface area contributed by atoms with Crippen LogP contribution in [0.25, 0.3) is 0 Å². The van der Waals surface area contributed by atoms with Crippen LogP contribution in [-0.2, 0) is 17.3 Å². The first-order valence-electron chi connectivity index (χ1n) is 6.72. The van der Waals surface area contributed by atoms with Gasteiger partial charge in [0.25, 0.3) is 0 Å². The van der Waals surface area contributed by atoms with Crippen molar-refractivity contribution in [3.63, 3.8) is 0 Å². The lowest BCUT2D eigenvalue weighted by atomic mass is 9.75. The molecule has 18 heavy (non-hydrogen) atoms. The minimum atomic E-state index is -0.0667. The number of hydrogen-bond acceptors (Lipinski definition) is 1. The van der Waals surface area contributed by atoms with Gasteiger partial charge in [-0.15, -0.1) is 0 Å². The molecule has 0 aliphatic rings. The predicted molar refractivity (Wildman–Crippen MR) is 79.3 cm³/mol. The molecule has 1 heteroatoms. The highest BCUT2D eigenvalue weighted by Gasteiger charge is 2.28. The summed E-state index contributed by atoms with van der Waals surface area (Å²) in [6, 6.07) is 2.05. The van der Waals surface area contributed by atoms with Gasteiger partial charge in [0.05, 0.1) is 0 Å². The zero-order valence-electron chi connectivity index (χ0n) is 12.9. The van der Waals surface area contributed by atoms with Crippen LogP contribution in [0.1, 0.15) is 70.7 Å². The molecule has 1 rings (SSSR count). The molecule has 1 N–H and O–H groups in total. The van der Waals surface area contributed by atoms with Crippen LogP contribution < -0.4 is 0 Å². The Balaban J connectivity index is 3.71. The second-order valence-electron chi connectivity index (χ2n) is 7.14. The minimum Gasteiger partial charge on any atom is -0.507 e. The summed E-state index contributed by atoms with van der Waals surface area (Å²) in [6.45, 7) is 19.1. The Hall–Kier alpha value is -0.980. The Morgan fingerprint density at radius 3 is 1.89 bits per heavy atom. The molecule has 0 saturated heterocycles. The first-order valence-corrected chi connectivity index (χ1v) is 6.72. The van der Waals surface area contributed by atoms with Gasteiger partial charge in [-0.2, -0.15) is 0 Å². The van der Waals surface area contributed by atoms with Crippen molar-refractivity contribution in [3.8, 4) is 5.75 Å². The first kappa shape index (κ1) is 15.1. The third-order valence-corrected chi connectivity index (χ3v) is 3.41. The third-order valence-electron chi connectivity index (χ3n) is 3.41. The highest BCUT2D eigenvalue weighted by atomic mass is 16.3. The fourth-order valence-electron chi connectivity index (χ4n) is 2.55. The highest BCUT2D eigenvalue weighted by molar-refractivity contribution is 5.55. The zero-order valence-corrected chi connectivity index (χ0v) is 12.9. The number of aromatic hydroxyl groups is 1. The fraction of sp³-hybridized carbons (Fsp3) is 0.588. The van der Waals surface area contributed by atoms with Gasteiger partial charge in [0.15, 0.2) is 0 Å². The van der Waals surface area contributed by atoms with Gasteiger partial charge in [0, 0.05) is 5.56 Å². The number of benzene rings is 1. The summed E-state index contributed by atoms with van der Waals surface area (Å²) in [6.07, 6.45) is 0.906. The second-order valence-corrected chi connectivity index (χ2v) is 7.14. The molecular weight excluding hydrogens is 220 g/mol. The molecule has 1 radical (unpaired) electrons. The summed E-state index contributed by atoms with van der Waals surface area (Å²) in [7, 11) is 0. The lowest BCUT2D eigenvalue weighted by Gasteiger charge is -2.30. The molecule has 0 amide bonds. The van der Waals surface area contributed by atoms with Crippen LogP contribution in [0.5, 0.6) is 5.75 Å². The van der Waals surface area contributed by atoms with E-state index in [4.69, 9.17) is 0 Å². The lowest BCUT2D eigenvalue weighted by molar-refractivity contribution is 0.421. The van der Waals surface area contributed by atoms with Crippen molar-refractivity contribution in [1.82, 2.24) is 0 Å². The topological polar surface area (TPSA) is 20.2 Å². The van der Waals surface area contributed by atoms with Crippen molar-refractivity contribution < 1.29 is 5.11 Å². The van der Waals surface area contributed by atoms with Gasteiger partial charge >= 0.3 is 0 Å². The number of phenolic OH excluding ortho intramolecular Hbond substituents is 1. The molecular formula is C17H27O. The predicted octanol–water partition coefficient (Wildman–Crippen LogP) is 4.73. The molecule has 1 aromatic rings. The minimum absolute atomic E-state index is 0.0663. The quantitative estimate of drug-likeness (QED) is 0.760. The van der Waals surface area contributed by atoms with E-state index in [-0.39, 0.29) is 10.8 Å². The van der Waals surface area contributed by atoms with E-state index in [1.54, 1.807) is 0 Å². The van der Waals surface area contributed by atoms with Crippen LogP contribution in [0.2, 0.25) is 0 Å². The van der Waals surface area contributed by atoms with Crippen LogP contribution in [0, 0.1) is 6.92 Å². The van der Waals surface area contributed by atoms with Crippen LogP contribution in [0.4, 0.5) is 0 Å². The Morgan fingerprint density at radius 1 is 1.06 bits per heavy atom. The number of phenols is 1. The summed E-state index contributed by atoms with van der Waals surface area (Å²) < 4.78 is 0. The van der Waals surface area contributed by atoms with Crippen molar-refractivity contribution in [3.05, 3.63) is 35.2 Å². The molecule has 1 aromatic carbocycles. The standard InChI is InChI=1S/C17H27O/c1-9-12-11(2)10-13(16(3,4)5)15(18)14(12)17(6,7)8/h10,18H,2,9H2,1,3-8H3. The first-order chi connectivity index (χ1) is 8.00. The smallest absolute Gasteiger partial charge is 0.123 e. The number of hydrogen-bond donors (Lipinski definition) is 1. The van der Waals surface area contributed by atoms with Crippen LogP contribution in [0.3, 0.4) is 0 Å². The Kier molecular flexibility index (Phi) is 3.86. The van der Waals surface area contributed by atoms with E-state index >= 15 is 0 Å². The molecule has 1 nitrogen and oxygen atoms in total. The van der Waals surface area contributed by atoms with E-state index in [0.29, 0.717) is 5.75 Å². The molecule has 0 fully saturated rings. The van der Waals surface area contributed by atoms with E-state index in [9.17, 15) is 5.11 Å². The van der Waals surface area contributed by atoms with Crippen molar-refractivity contribution >= 4 is 0 Å². The maximum absolute atomic E-state index is 10.7. The highest BCUT2D eigenvalue weighted by Crippen LogP contribution is 2.42. The molecule has 0 atom stereocenters. The summed E-state index contributed by atoms with van der Waals surface area (Å²) in [5.74, 6) is 0.458. The van der Waals surface area contributed by atoms with Gasteiger partial charge in [-0.05, 0) is 40.9 Å². The largest absolute Gasteiger partial charge is 0.507 e. The molecule has 0 aromatic heterocycles. The fourth-order valence-corrected chi connectivity index (χ4v) is 2.55. The average molecular weight is 247 g/mol. The average Bonchev–Trinajstić information content (AvgIpc) is 2.16. The second kappa shape index (κ2) is 4.60. The molecule has 0 aliphatic heterocycles. The molecule has 0 spiro atoms. The lowest BCUT2D eigenvalue weighted by Crippen LogP contribution is -2.20. The maximum Gasteiger partial charge on any atom is 0.123 e. The van der Waals surface area contributed by atoms with Gasteiger partial charge in [0.1, 0.15) is 5.75 Å².